The molecule has 1 atom stereocenters. The highest BCUT2D eigenvalue weighted by Gasteiger charge is 2.33. The highest BCUT2D eigenvalue weighted by Crippen LogP contribution is 2.43. The Labute approximate surface area is 244 Å². The first kappa shape index (κ1) is 27.3. The number of ether oxygens (including phenoxy) is 3. The van der Waals surface area contributed by atoms with Gasteiger partial charge < -0.3 is 19.1 Å². The predicted octanol–water partition coefficient (Wildman–Crippen LogP) is 5.60. The van der Waals surface area contributed by atoms with Crippen LogP contribution >= 0.6 is 11.3 Å². The van der Waals surface area contributed by atoms with Gasteiger partial charge in [-0.05, 0) is 42.8 Å². The predicted molar refractivity (Wildman–Crippen MR) is 157 cm³/mol. The van der Waals surface area contributed by atoms with Crippen LogP contribution in [0.4, 0.5) is 14.9 Å². The van der Waals surface area contributed by atoms with E-state index in [9.17, 15) is 9.59 Å². The maximum atomic E-state index is 15.2. The molecule has 0 saturated heterocycles. The summed E-state index contributed by atoms with van der Waals surface area (Å²) in [4.78, 5) is 41.8. The number of nitrogens with zero attached hydrogens (tertiary/aromatic N) is 5. The Morgan fingerprint density at radius 3 is 2.67 bits per heavy atom. The standard InChI is InChI=1S/C30H26FN5O5S/c1-15-9-18(25-21(10-15)33-23(39-5)14-32-25)28-34-22-13-20(31)26-19(27(22)42-28)12-24(40-26)41-30(38)36(4)17-8-6-7-16(11-17)29(37)35(2)3/h6-11,13-14,24H,12H2,1-5H3/t24-/m1/s1. The highest BCUT2D eigenvalue weighted by molar-refractivity contribution is 7.22. The molecule has 3 heterocycles. The number of benzene rings is 3. The number of carbonyl (C=O) groups is 2. The molecular formula is C30H26FN5O5S. The van der Waals surface area contributed by atoms with Crippen molar-refractivity contribution in [2.75, 3.05) is 33.2 Å². The quantitative estimate of drug-likeness (QED) is 0.262. The van der Waals surface area contributed by atoms with E-state index < -0.39 is 18.2 Å². The normalized spacial score (nSPS) is 14.0. The van der Waals surface area contributed by atoms with Crippen molar-refractivity contribution in [3.63, 3.8) is 0 Å². The van der Waals surface area contributed by atoms with Crippen LogP contribution in [0.1, 0.15) is 21.5 Å². The van der Waals surface area contributed by atoms with E-state index in [0.717, 1.165) is 15.8 Å². The van der Waals surface area contributed by atoms with Crippen molar-refractivity contribution < 1.29 is 28.2 Å². The van der Waals surface area contributed by atoms with Crippen LogP contribution in [0.25, 0.3) is 31.8 Å². The molecule has 2 amide bonds. The minimum atomic E-state index is -1.04. The van der Waals surface area contributed by atoms with E-state index in [1.165, 1.54) is 41.4 Å². The fraction of sp³-hybridized carbons (Fsp3) is 0.233. The lowest BCUT2D eigenvalue weighted by Crippen LogP contribution is -2.33. The molecular weight excluding hydrogens is 561 g/mol. The Kier molecular flexibility index (Phi) is 6.85. The minimum Gasteiger partial charge on any atom is -0.480 e. The number of hydrogen-bond donors (Lipinski definition) is 0. The van der Waals surface area contributed by atoms with Gasteiger partial charge in [0.15, 0.2) is 11.6 Å². The molecule has 6 rings (SSSR count). The molecule has 0 saturated carbocycles. The number of halogens is 1. The van der Waals surface area contributed by atoms with E-state index in [4.69, 9.17) is 19.2 Å². The number of carbonyl (C=O) groups excluding carboxylic acids is 2. The van der Waals surface area contributed by atoms with Gasteiger partial charge in [0.2, 0.25) is 5.88 Å². The summed E-state index contributed by atoms with van der Waals surface area (Å²) in [6.07, 6.45) is -0.0453. The average Bonchev–Trinajstić information content (AvgIpc) is 3.60. The smallest absolute Gasteiger partial charge is 0.417 e. The van der Waals surface area contributed by atoms with Gasteiger partial charge in [-0.25, -0.2) is 24.1 Å². The minimum absolute atomic E-state index is 0.0374. The second kappa shape index (κ2) is 10.5. The number of amides is 2. The fourth-order valence-electron chi connectivity index (χ4n) is 4.82. The summed E-state index contributed by atoms with van der Waals surface area (Å²) < 4.78 is 32.5. The molecule has 1 aliphatic rings. The van der Waals surface area contributed by atoms with E-state index >= 15 is 4.39 Å². The van der Waals surface area contributed by atoms with Crippen LogP contribution in [0.2, 0.25) is 0 Å². The topological polar surface area (TPSA) is 107 Å². The molecule has 0 N–H and O–H groups in total. The molecule has 2 aromatic heterocycles. The summed E-state index contributed by atoms with van der Waals surface area (Å²) >= 11 is 1.38. The van der Waals surface area contributed by atoms with Crippen molar-refractivity contribution in [2.24, 2.45) is 0 Å². The van der Waals surface area contributed by atoms with E-state index in [1.54, 1.807) is 44.6 Å². The van der Waals surface area contributed by atoms with Gasteiger partial charge in [0, 0.05) is 49.6 Å². The second-order valence-electron chi connectivity index (χ2n) is 10.1. The van der Waals surface area contributed by atoms with Crippen LogP contribution < -0.4 is 14.4 Å². The Morgan fingerprint density at radius 2 is 1.90 bits per heavy atom. The molecule has 1 aliphatic heterocycles. The Hall–Kier alpha value is -4.84. The zero-order valence-electron chi connectivity index (χ0n) is 23.5. The first-order valence-electron chi connectivity index (χ1n) is 13.0. The zero-order chi connectivity index (χ0) is 29.7. The number of rotatable bonds is 5. The van der Waals surface area contributed by atoms with Crippen LogP contribution in [-0.2, 0) is 11.2 Å². The molecule has 3 aromatic carbocycles. The number of thiazole rings is 1. The van der Waals surface area contributed by atoms with Crippen LogP contribution in [0.5, 0.6) is 11.6 Å². The van der Waals surface area contributed by atoms with Gasteiger partial charge in [0.05, 0.1) is 41.0 Å². The van der Waals surface area contributed by atoms with Gasteiger partial charge in [0.1, 0.15) is 5.01 Å². The zero-order valence-corrected chi connectivity index (χ0v) is 24.3. The summed E-state index contributed by atoms with van der Waals surface area (Å²) in [6, 6.07) is 11.9. The van der Waals surface area contributed by atoms with Crippen LogP contribution in [0.15, 0.2) is 48.7 Å². The lowest BCUT2D eigenvalue weighted by Gasteiger charge is -2.20. The van der Waals surface area contributed by atoms with Crippen LogP contribution in [-0.4, -0.2) is 66.4 Å². The molecule has 10 nitrogen and oxygen atoms in total. The SMILES string of the molecule is COc1cnc2c(-c3nc4cc(F)c5c(c4s3)C[C@@H](OC(=O)N(C)c3cccc(C(=O)N(C)C)c3)O5)cc(C)cc2n1. The van der Waals surface area contributed by atoms with Gasteiger partial charge >= 0.3 is 6.09 Å². The van der Waals surface area contributed by atoms with Crippen molar-refractivity contribution in [1.29, 1.82) is 0 Å². The van der Waals surface area contributed by atoms with Gasteiger partial charge in [-0.1, -0.05) is 6.07 Å². The van der Waals surface area contributed by atoms with E-state index in [1.807, 2.05) is 19.1 Å². The Bertz CT molecular complexity index is 1890. The Balaban J connectivity index is 1.27. The lowest BCUT2D eigenvalue weighted by molar-refractivity contribution is -0.0144. The number of hydrogen-bond acceptors (Lipinski definition) is 9. The first-order valence-corrected chi connectivity index (χ1v) is 13.8. The molecule has 214 valence electrons. The van der Waals surface area contributed by atoms with E-state index in [-0.39, 0.29) is 18.1 Å². The monoisotopic (exact) mass is 587 g/mol. The molecule has 5 aromatic rings. The van der Waals surface area contributed by atoms with Crippen LogP contribution in [0.3, 0.4) is 0 Å². The number of fused-ring (bicyclic) bond motifs is 4. The van der Waals surface area contributed by atoms with Gasteiger partial charge in [0.25, 0.3) is 12.2 Å². The molecule has 12 heteroatoms. The van der Waals surface area contributed by atoms with E-state index in [2.05, 4.69) is 9.97 Å². The largest absolute Gasteiger partial charge is 0.480 e. The summed E-state index contributed by atoms with van der Waals surface area (Å²) in [5.41, 5.74) is 5.00. The number of anilines is 1. The summed E-state index contributed by atoms with van der Waals surface area (Å²) in [5.74, 6) is -0.339. The average molecular weight is 588 g/mol. The number of aryl methyl sites for hydroxylation is 1. The highest BCUT2D eigenvalue weighted by atomic mass is 32.1. The third-order valence-electron chi connectivity index (χ3n) is 6.90. The van der Waals surface area contributed by atoms with Crippen molar-refractivity contribution in [3.8, 4) is 22.2 Å². The fourth-order valence-corrected chi connectivity index (χ4v) is 5.94. The van der Waals surface area contributed by atoms with Crippen molar-refractivity contribution in [3.05, 3.63) is 71.2 Å². The molecule has 0 fully saturated rings. The van der Waals surface area contributed by atoms with Crippen molar-refractivity contribution in [1.82, 2.24) is 19.9 Å². The molecule has 0 bridgehead atoms. The third kappa shape index (κ3) is 4.83. The van der Waals surface area contributed by atoms with Crippen molar-refractivity contribution in [2.45, 2.75) is 19.6 Å². The summed E-state index contributed by atoms with van der Waals surface area (Å²) in [5, 5.41) is 0.651. The maximum absolute atomic E-state index is 15.2. The molecule has 0 unspecified atom stereocenters. The molecule has 0 aliphatic carbocycles. The molecule has 0 spiro atoms. The third-order valence-corrected chi connectivity index (χ3v) is 8.07. The van der Waals surface area contributed by atoms with Crippen LogP contribution in [0, 0.1) is 12.7 Å². The van der Waals surface area contributed by atoms with E-state index in [0.29, 0.717) is 44.3 Å². The second-order valence-corrected chi connectivity index (χ2v) is 11.1. The molecule has 42 heavy (non-hydrogen) atoms. The van der Waals surface area contributed by atoms with Crippen molar-refractivity contribution >= 4 is 50.3 Å². The summed E-state index contributed by atoms with van der Waals surface area (Å²) in [6.45, 7) is 1.95. The van der Waals surface area contributed by atoms with Gasteiger partial charge in [-0.2, -0.15) is 0 Å². The molecule has 0 radical (unpaired) electrons. The Morgan fingerprint density at radius 1 is 1.10 bits per heavy atom. The van der Waals surface area contributed by atoms with Gasteiger partial charge in [-0.15, -0.1) is 11.3 Å². The summed E-state index contributed by atoms with van der Waals surface area (Å²) in [7, 11) is 6.37. The first-order chi connectivity index (χ1) is 20.1. The number of methoxy groups -OCH3 is 1. The maximum Gasteiger partial charge on any atom is 0.417 e. The van der Waals surface area contributed by atoms with Gasteiger partial charge in [-0.3, -0.25) is 9.69 Å². The number of aromatic nitrogens is 3. The lowest BCUT2D eigenvalue weighted by atomic mass is 10.1.